The van der Waals surface area contributed by atoms with E-state index in [4.69, 9.17) is 17.3 Å². The van der Waals surface area contributed by atoms with Gasteiger partial charge in [0.1, 0.15) is 11.6 Å². The molecule has 0 saturated carbocycles. The van der Waals surface area contributed by atoms with Gasteiger partial charge in [0.05, 0.1) is 5.02 Å². The molecule has 0 spiro atoms. The topological polar surface area (TPSA) is 26.0 Å². The van der Waals surface area contributed by atoms with Crippen molar-refractivity contribution in [1.82, 2.24) is 0 Å². The van der Waals surface area contributed by atoms with Gasteiger partial charge in [-0.1, -0.05) is 17.7 Å². The first kappa shape index (κ1) is 14.7. The lowest BCUT2D eigenvalue weighted by Gasteiger charge is -2.13. The van der Waals surface area contributed by atoms with Crippen molar-refractivity contribution in [2.75, 3.05) is 0 Å². The molecule has 0 aliphatic heterocycles. The first-order chi connectivity index (χ1) is 8.97. The van der Waals surface area contributed by atoms with E-state index in [0.717, 1.165) is 21.3 Å². The van der Waals surface area contributed by atoms with Crippen LogP contribution in [0.15, 0.2) is 36.4 Å². The van der Waals surface area contributed by atoms with Gasteiger partial charge in [-0.25, -0.2) is 8.78 Å². The molecule has 5 heteroatoms. The number of hydrogen-bond donors (Lipinski definition) is 1. The third kappa shape index (κ3) is 3.64. The van der Waals surface area contributed by atoms with Crippen LogP contribution in [0.2, 0.25) is 5.02 Å². The predicted octanol–water partition coefficient (Wildman–Crippen LogP) is 4.47. The van der Waals surface area contributed by atoms with E-state index in [2.05, 4.69) is 22.6 Å². The van der Waals surface area contributed by atoms with Crippen LogP contribution in [0, 0.1) is 15.2 Å². The summed E-state index contributed by atoms with van der Waals surface area (Å²) in [5, 5.41) is 0.605. The van der Waals surface area contributed by atoms with E-state index >= 15 is 0 Å². The Kier molecular flexibility index (Phi) is 4.76. The third-order valence-corrected chi connectivity index (χ3v) is 4.39. The number of benzene rings is 2. The molecule has 0 saturated heterocycles. The fourth-order valence-electron chi connectivity index (χ4n) is 1.80. The Morgan fingerprint density at radius 2 is 1.89 bits per heavy atom. The third-order valence-electron chi connectivity index (χ3n) is 2.82. The molecule has 2 rings (SSSR count). The SMILES string of the molecule is NC(Cc1cc(F)ccc1F)c1ccc(I)c(Cl)c1. The highest BCUT2D eigenvalue weighted by molar-refractivity contribution is 14.1. The van der Waals surface area contributed by atoms with Crippen LogP contribution in [0.3, 0.4) is 0 Å². The number of nitrogens with two attached hydrogens (primary N) is 1. The summed E-state index contributed by atoms with van der Waals surface area (Å²) in [5.74, 6) is -0.919. The lowest BCUT2D eigenvalue weighted by Crippen LogP contribution is -2.14. The van der Waals surface area contributed by atoms with Crippen LogP contribution >= 0.6 is 34.2 Å². The van der Waals surface area contributed by atoms with E-state index in [-0.39, 0.29) is 12.0 Å². The van der Waals surface area contributed by atoms with Gasteiger partial charge in [0.2, 0.25) is 0 Å². The van der Waals surface area contributed by atoms with Crippen molar-refractivity contribution in [3.63, 3.8) is 0 Å². The maximum atomic E-state index is 13.5. The lowest BCUT2D eigenvalue weighted by molar-refractivity contribution is 0.572. The minimum absolute atomic E-state index is 0.223. The summed E-state index contributed by atoms with van der Waals surface area (Å²) in [4.78, 5) is 0. The largest absolute Gasteiger partial charge is 0.324 e. The van der Waals surface area contributed by atoms with Crippen LogP contribution in [-0.2, 0) is 6.42 Å². The Morgan fingerprint density at radius 1 is 1.16 bits per heavy atom. The molecule has 2 aromatic carbocycles. The second-order valence-corrected chi connectivity index (χ2v) is 5.79. The molecule has 0 heterocycles. The van der Waals surface area contributed by atoms with Crippen LogP contribution in [0.1, 0.15) is 17.2 Å². The summed E-state index contributed by atoms with van der Waals surface area (Å²) < 4.78 is 27.6. The molecule has 0 amide bonds. The molecule has 0 aliphatic carbocycles. The summed E-state index contributed by atoms with van der Waals surface area (Å²) >= 11 is 8.14. The van der Waals surface area contributed by atoms with E-state index in [1.54, 1.807) is 6.07 Å². The number of rotatable bonds is 3. The van der Waals surface area contributed by atoms with Gasteiger partial charge in [-0.15, -0.1) is 0 Å². The van der Waals surface area contributed by atoms with Crippen LogP contribution in [-0.4, -0.2) is 0 Å². The molecule has 1 unspecified atom stereocenters. The standard InChI is InChI=1S/C14H11ClF2IN/c15-11-6-8(1-4-13(11)18)14(19)7-9-5-10(16)2-3-12(9)17/h1-6,14H,7,19H2. The zero-order chi connectivity index (χ0) is 14.0. The molecule has 1 atom stereocenters. The van der Waals surface area contributed by atoms with Crippen molar-refractivity contribution in [1.29, 1.82) is 0 Å². The van der Waals surface area contributed by atoms with Crippen molar-refractivity contribution in [2.45, 2.75) is 12.5 Å². The minimum atomic E-state index is -0.468. The van der Waals surface area contributed by atoms with Crippen LogP contribution in [0.4, 0.5) is 8.78 Å². The summed E-state index contributed by atoms with van der Waals surface area (Å²) in [5.41, 5.74) is 7.08. The van der Waals surface area contributed by atoms with Crippen molar-refractivity contribution >= 4 is 34.2 Å². The normalized spacial score (nSPS) is 12.5. The Balaban J connectivity index is 2.22. The Bertz CT molecular complexity index is 604. The van der Waals surface area contributed by atoms with Crippen molar-refractivity contribution in [2.24, 2.45) is 5.73 Å². The number of hydrogen-bond acceptors (Lipinski definition) is 1. The van der Waals surface area contributed by atoms with Crippen LogP contribution in [0.25, 0.3) is 0 Å². The van der Waals surface area contributed by atoms with Gasteiger partial charge in [-0.2, -0.15) is 0 Å². The lowest BCUT2D eigenvalue weighted by atomic mass is 9.99. The molecular formula is C14H11ClF2IN. The molecule has 2 N–H and O–H groups in total. The van der Waals surface area contributed by atoms with Gasteiger partial charge < -0.3 is 5.73 Å². The zero-order valence-corrected chi connectivity index (χ0v) is 12.8. The highest BCUT2D eigenvalue weighted by Crippen LogP contribution is 2.25. The second-order valence-electron chi connectivity index (χ2n) is 4.22. The zero-order valence-electron chi connectivity index (χ0n) is 9.84. The van der Waals surface area contributed by atoms with E-state index in [0.29, 0.717) is 5.02 Å². The maximum Gasteiger partial charge on any atom is 0.126 e. The fraction of sp³-hybridized carbons (Fsp3) is 0.143. The van der Waals surface area contributed by atoms with Gasteiger partial charge in [-0.3, -0.25) is 0 Å². The maximum absolute atomic E-state index is 13.5. The van der Waals surface area contributed by atoms with Gasteiger partial charge >= 0.3 is 0 Å². The summed E-state index contributed by atoms with van der Waals surface area (Å²) in [6.07, 6.45) is 0.223. The molecule has 19 heavy (non-hydrogen) atoms. The Hall–Kier alpha value is -0.720. The van der Waals surface area contributed by atoms with E-state index in [1.807, 2.05) is 12.1 Å². The van der Waals surface area contributed by atoms with Gasteiger partial charge in [-0.05, 0) is 70.5 Å². The van der Waals surface area contributed by atoms with Crippen molar-refractivity contribution in [3.8, 4) is 0 Å². The fourth-order valence-corrected chi connectivity index (χ4v) is 2.32. The first-order valence-corrected chi connectivity index (χ1v) is 7.07. The molecule has 0 bridgehead atoms. The number of halogens is 4. The average molecular weight is 394 g/mol. The molecular weight excluding hydrogens is 383 g/mol. The molecule has 0 aromatic heterocycles. The second kappa shape index (κ2) is 6.15. The van der Waals surface area contributed by atoms with Gasteiger partial charge in [0.15, 0.2) is 0 Å². The summed E-state index contributed by atoms with van der Waals surface area (Å²) in [6.45, 7) is 0. The predicted molar refractivity (Wildman–Crippen MR) is 81.2 cm³/mol. The average Bonchev–Trinajstić information content (AvgIpc) is 2.37. The summed E-state index contributed by atoms with van der Waals surface area (Å²) in [6, 6.07) is 8.39. The van der Waals surface area contributed by atoms with Crippen molar-refractivity contribution in [3.05, 3.63) is 67.8 Å². The van der Waals surface area contributed by atoms with Crippen LogP contribution in [0.5, 0.6) is 0 Å². The molecule has 2 aromatic rings. The van der Waals surface area contributed by atoms with E-state index in [1.165, 1.54) is 6.07 Å². The van der Waals surface area contributed by atoms with Gasteiger partial charge in [0, 0.05) is 9.61 Å². The molecule has 0 fully saturated rings. The minimum Gasteiger partial charge on any atom is -0.324 e. The Labute approximate surface area is 128 Å². The smallest absolute Gasteiger partial charge is 0.126 e. The Morgan fingerprint density at radius 3 is 2.58 bits per heavy atom. The molecule has 1 nitrogen and oxygen atoms in total. The molecule has 0 aliphatic rings. The van der Waals surface area contributed by atoms with E-state index < -0.39 is 17.7 Å². The highest BCUT2D eigenvalue weighted by atomic mass is 127. The van der Waals surface area contributed by atoms with Gasteiger partial charge in [0.25, 0.3) is 0 Å². The quantitative estimate of drug-likeness (QED) is 0.765. The monoisotopic (exact) mass is 393 g/mol. The first-order valence-electron chi connectivity index (χ1n) is 5.62. The van der Waals surface area contributed by atoms with Crippen molar-refractivity contribution < 1.29 is 8.78 Å². The van der Waals surface area contributed by atoms with Crippen LogP contribution < -0.4 is 5.73 Å². The molecule has 100 valence electrons. The highest BCUT2D eigenvalue weighted by Gasteiger charge is 2.12. The van der Waals surface area contributed by atoms with E-state index in [9.17, 15) is 8.78 Å². The molecule has 0 radical (unpaired) electrons. The summed E-state index contributed by atoms with van der Waals surface area (Å²) in [7, 11) is 0.